The van der Waals surface area contributed by atoms with Gasteiger partial charge in [0.05, 0.1) is 6.61 Å². The molecule has 1 saturated heterocycles. The summed E-state index contributed by atoms with van der Waals surface area (Å²) in [5.41, 5.74) is 0. The average molecular weight is 321 g/mol. The van der Waals surface area contributed by atoms with Gasteiger partial charge in [-0.3, -0.25) is 9.59 Å². The average Bonchev–Trinajstić information content (AvgIpc) is 2.92. The molecule has 124 valence electrons. The van der Waals surface area contributed by atoms with Crippen molar-refractivity contribution < 1.29 is 14.3 Å². The van der Waals surface area contributed by atoms with E-state index in [0.717, 1.165) is 38.9 Å². The number of nitrogens with zero attached hydrogens (tertiary/aromatic N) is 1. The van der Waals surface area contributed by atoms with Crippen LogP contribution in [0.25, 0.3) is 0 Å². The normalized spacial score (nSPS) is 17.0. The summed E-state index contributed by atoms with van der Waals surface area (Å²) in [6.45, 7) is 8.67. The Balaban J connectivity index is 0.00000400. The zero-order chi connectivity index (χ0) is 15.0. The predicted octanol–water partition coefficient (Wildman–Crippen LogP) is 1.99. The fourth-order valence-corrected chi connectivity index (χ4v) is 2.39. The summed E-state index contributed by atoms with van der Waals surface area (Å²) in [4.78, 5) is 25.4. The van der Waals surface area contributed by atoms with Crippen LogP contribution in [0.4, 0.5) is 0 Å². The fraction of sp³-hybridized carbons (Fsp3) is 0.867. The molecule has 0 aliphatic carbocycles. The van der Waals surface area contributed by atoms with Crippen molar-refractivity contribution in [2.75, 3.05) is 26.2 Å². The summed E-state index contributed by atoms with van der Waals surface area (Å²) in [7, 11) is 0. The third-order valence-electron chi connectivity index (χ3n) is 3.71. The third kappa shape index (κ3) is 7.67. The third-order valence-corrected chi connectivity index (χ3v) is 3.71. The number of rotatable bonds is 8. The lowest BCUT2D eigenvalue weighted by Crippen LogP contribution is -2.36. The van der Waals surface area contributed by atoms with E-state index in [-0.39, 0.29) is 30.3 Å². The van der Waals surface area contributed by atoms with Gasteiger partial charge in [-0.1, -0.05) is 6.92 Å². The van der Waals surface area contributed by atoms with Gasteiger partial charge >= 0.3 is 5.97 Å². The molecule has 0 aromatic heterocycles. The second-order valence-electron chi connectivity index (χ2n) is 5.61. The standard InChI is InChI=1S/C15H28N2O3.ClH/c1-4-20-15(19)13(3)16-8-7-12(2)11-14(18)17-9-5-6-10-17;/h12-13,16H,4-11H2,1-3H3;1H/t12-,13+;/m0./s1. The van der Waals surface area contributed by atoms with Gasteiger partial charge in [0.2, 0.25) is 5.91 Å². The van der Waals surface area contributed by atoms with Gasteiger partial charge < -0.3 is 15.0 Å². The molecular weight excluding hydrogens is 292 g/mol. The van der Waals surface area contributed by atoms with Gasteiger partial charge in [-0.05, 0) is 45.6 Å². The monoisotopic (exact) mass is 320 g/mol. The Morgan fingerprint density at radius 2 is 1.86 bits per heavy atom. The van der Waals surface area contributed by atoms with Crippen molar-refractivity contribution in [2.45, 2.75) is 52.5 Å². The summed E-state index contributed by atoms with van der Waals surface area (Å²) in [6.07, 6.45) is 3.77. The second kappa shape index (κ2) is 10.9. The molecule has 0 unspecified atom stereocenters. The number of likely N-dealkylation sites (tertiary alicyclic amines) is 1. The second-order valence-corrected chi connectivity index (χ2v) is 5.61. The van der Waals surface area contributed by atoms with Crippen LogP contribution >= 0.6 is 12.4 Å². The van der Waals surface area contributed by atoms with Crippen LogP contribution in [-0.4, -0.2) is 49.1 Å². The highest BCUT2D eigenvalue weighted by Gasteiger charge is 2.20. The molecule has 0 aromatic carbocycles. The summed E-state index contributed by atoms with van der Waals surface area (Å²) in [6, 6.07) is -0.281. The van der Waals surface area contributed by atoms with Crippen LogP contribution in [0.15, 0.2) is 0 Å². The van der Waals surface area contributed by atoms with Crippen LogP contribution in [0.5, 0.6) is 0 Å². The maximum atomic E-state index is 12.0. The van der Waals surface area contributed by atoms with E-state index in [2.05, 4.69) is 12.2 Å². The van der Waals surface area contributed by atoms with Crippen LogP contribution in [0, 0.1) is 5.92 Å². The van der Waals surface area contributed by atoms with Crippen LogP contribution in [0.3, 0.4) is 0 Å². The van der Waals surface area contributed by atoms with Crippen molar-refractivity contribution in [3.05, 3.63) is 0 Å². The molecule has 0 radical (unpaired) electrons. The summed E-state index contributed by atoms with van der Waals surface area (Å²) < 4.78 is 4.93. The molecule has 0 bridgehead atoms. The largest absolute Gasteiger partial charge is 0.465 e. The summed E-state index contributed by atoms with van der Waals surface area (Å²) >= 11 is 0. The Hall–Kier alpha value is -0.810. The van der Waals surface area contributed by atoms with E-state index in [0.29, 0.717) is 18.9 Å². The predicted molar refractivity (Wildman–Crippen MR) is 85.6 cm³/mol. The maximum absolute atomic E-state index is 12.0. The number of ether oxygens (including phenoxy) is 1. The first-order chi connectivity index (χ1) is 9.54. The molecule has 1 fully saturated rings. The lowest BCUT2D eigenvalue weighted by molar-refractivity contribution is -0.145. The van der Waals surface area contributed by atoms with Gasteiger partial charge in [0, 0.05) is 19.5 Å². The lowest BCUT2D eigenvalue weighted by Gasteiger charge is -2.19. The Labute approximate surface area is 134 Å². The molecule has 1 rings (SSSR count). The Morgan fingerprint density at radius 3 is 2.43 bits per heavy atom. The van der Waals surface area contributed by atoms with Crippen molar-refractivity contribution in [3.8, 4) is 0 Å². The molecular formula is C15H29ClN2O3. The minimum absolute atomic E-state index is 0. The van der Waals surface area contributed by atoms with Gasteiger partial charge in [-0.25, -0.2) is 0 Å². The zero-order valence-corrected chi connectivity index (χ0v) is 14.2. The van der Waals surface area contributed by atoms with Crippen LogP contribution in [0.2, 0.25) is 0 Å². The molecule has 0 saturated carbocycles. The molecule has 0 spiro atoms. The smallest absolute Gasteiger partial charge is 0.322 e. The molecule has 5 nitrogen and oxygen atoms in total. The van der Waals surface area contributed by atoms with E-state index < -0.39 is 0 Å². The quantitative estimate of drug-likeness (QED) is 0.695. The highest BCUT2D eigenvalue weighted by atomic mass is 35.5. The van der Waals surface area contributed by atoms with Crippen molar-refractivity contribution in [3.63, 3.8) is 0 Å². The van der Waals surface area contributed by atoms with E-state index in [1.807, 2.05) is 4.90 Å². The van der Waals surface area contributed by atoms with E-state index in [1.54, 1.807) is 13.8 Å². The van der Waals surface area contributed by atoms with Crippen LogP contribution < -0.4 is 5.32 Å². The lowest BCUT2D eigenvalue weighted by atomic mass is 10.0. The van der Waals surface area contributed by atoms with Crippen molar-refractivity contribution in [2.24, 2.45) is 5.92 Å². The molecule has 1 heterocycles. The highest BCUT2D eigenvalue weighted by Crippen LogP contribution is 2.14. The van der Waals surface area contributed by atoms with Crippen LogP contribution in [-0.2, 0) is 14.3 Å². The van der Waals surface area contributed by atoms with E-state index in [4.69, 9.17) is 4.74 Å². The Bertz CT molecular complexity index is 320. The molecule has 1 aliphatic heterocycles. The molecule has 1 amide bonds. The Kier molecular flexibility index (Phi) is 10.4. The van der Waals surface area contributed by atoms with Gasteiger partial charge in [0.1, 0.15) is 6.04 Å². The number of nitrogens with one attached hydrogen (secondary N) is 1. The molecule has 6 heteroatoms. The summed E-state index contributed by atoms with van der Waals surface area (Å²) in [5.74, 6) is 0.395. The van der Waals surface area contributed by atoms with E-state index in [9.17, 15) is 9.59 Å². The number of amides is 1. The minimum atomic E-state index is -0.281. The number of carbonyl (C=O) groups is 2. The topological polar surface area (TPSA) is 58.6 Å². The van der Waals surface area contributed by atoms with E-state index >= 15 is 0 Å². The molecule has 2 atom stereocenters. The fourth-order valence-electron chi connectivity index (χ4n) is 2.39. The molecule has 0 aromatic rings. The van der Waals surface area contributed by atoms with Gasteiger partial charge in [0.15, 0.2) is 0 Å². The molecule has 1 N–H and O–H groups in total. The number of halogens is 1. The summed E-state index contributed by atoms with van der Waals surface area (Å²) in [5, 5.41) is 3.14. The van der Waals surface area contributed by atoms with Crippen molar-refractivity contribution in [1.29, 1.82) is 0 Å². The van der Waals surface area contributed by atoms with Crippen LogP contribution in [0.1, 0.15) is 46.5 Å². The SMILES string of the molecule is CCOC(=O)[C@@H](C)NCC[C@H](C)CC(=O)N1CCCC1.Cl. The minimum Gasteiger partial charge on any atom is -0.465 e. The number of hydrogen-bond acceptors (Lipinski definition) is 4. The number of esters is 1. The first-order valence-corrected chi connectivity index (χ1v) is 7.72. The highest BCUT2D eigenvalue weighted by molar-refractivity contribution is 5.85. The zero-order valence-electron chi connectivity index (χ0n) is 13.4. The first-order valence-electron chi connectivity index (χ1n) is 7.72. The first kappa shape index (κ1) is 20.2. The number of hydrogen-bond donors (Lipinski definition) is 1. The van der Waals surface area contributed by atoms with E-state index in [1.165, 1.54) is 0 Å². The van der Waals surface area contributed by atoms with Gasteiger partial charge in [-0.2, -0.15) is 0 Å². The number of carbonyl (C=O) groups excluding carboxylic acids is 2. The molecule has 21 heavy (non-hydrogen) atoms. The maximum Gasteiger partial charge on any atom is 0.322 e. The van der Waals surface area contributed by atoms with Crippen molar-refractivity contribution >= 4 is 24.3 Å². The van der Waals surface area contributed by atoms with Gasteiger partial charge in [0.25, 0.3) is 0 Å². The Morgan fingerprint density at radius 1 is 1.24 bits per heavy atom. The molecule has 1 aliphatic rings. The van der Waals surface area contributed by atoms with Gasteiger partial charge in [-0.15, -0.1) is 12.4 Å². The van der Waals surface area contributed by atoms with Crippen molar-refractivity contribution in [1.82, 2.24) is 10.2 Å².